The van der Waals surface area contributed by atoms with E-state index < -0.39 is 0 Å². The van der Waals surface area contributed by atoms with Crippen LogP contribution in [0.5, 0.6) is 5.75 Å². The number of ether oxygens (including phenoxy) is 1. The third-order valence-corrected chi connectivity index (χ3v) is 3.34. The Hall–Kier alpha value is -1.06. The monoisotopic (exact) mass is 265 g/mol. The second-order valence-electron chi connectivity index (χ2n) is 5.38. The number of aliphatic hydroxyl groups excluding tert-OH is 1. The van der Waals surface area contributed by atoms with Gasteiger partial charge in [0.2, 0.25) is 0 Å². The van der Waals surface area contributed by atoms with Crippen LogP contribution in [0.1, 0.15) is 45.2 Å². The minimum Gasteiger partial charge on any atom is -0.496 e. The summed E-state index contributed by atoms with van der Waals surface area (Å²) in [4.78, 5) is 0. The summed E-state index contributed by atoms with van der Waals surface area (Å²) in [7, 11) is 1.70. The van der Waals surface area contributed by atoms with E-state index in [1.165, 1.54) is 0 Å². The van der Waals surface area contributed by atoms with Crippen LogP contribution >= 0.6 is 0 Å². The van der Waals surface area contributed by atoms with E-state index in [1.807, 2.05) is 18.2 Å². The first-order chi connectivity index (χ1) is 9.12. The highest BCUT2D eigenvalue weighted by atomic mass is 16.5. The Kier molecular flexibility index (Phi) is 6.89. The first-order valence-electron chi connectivity index (χ1n) is 7.12. The predicted octanol–water partition coefficient (Wildman–Crippen LogP) is 3.14. The van der Waals surface area contributed by atoms with Gasteiger partial charge in [0.05, 0.1) is 13.7 Å². The van der Waals surface area contributed by atoms with E-state index in [2.05, 4.69) is 32.2 Å². The van der Waals surface area contributed by atoms with Crippen LogP contribution in [-0.4, -0.2) is 24.9 Å². The van der Waals surface area contributed by atoms with Gasteiger partial charge >= 0.3 is 0 Å². The number of hydrogen-bond acceptors (Lipinski definition) is 3. The van der Waals surface area contributed by atoms with Gasteiger partial charge < -0.3 is 15.2 Å². The lowest BCUT2D eigenvalue weighted by atomic mass is 9.99. The van der Waals surface area contributed by atoms with Crippen molar-refractivity contribution in [3.63, 3.8) is 0 Å². The fourth-order valence-corrected chi connectivity index (χ4v) is 2.43. The number of benzene rings is 1. The van der Waals surface area contributed by atoms with Crippen molar-refractivity contribution in [3.05, 3.63) is 29.8 Å². The van der Waals surface area contributed by atoms with Gasteiger partial charge in [-0.05, 0) is 24.8 Å². The highest BCUT2D eigenvalue weighted by Gasteiger charge is 2.18. The van der Waals surface area contributed by atoms with E-state index in [-0.39, 0.29) is 18.7 Å². The van der Waals surface area contributed by atoms with Gasteiger partial charge in [-0.3, -0.25) is 0 Å². The maximum atomic E-state index is 9.50. The molecule has 1 rings (SSSR count). The van der Waals surface area contributed by atoms with Crippen LogP contribution < -0.4 is 10.1 Å². The zero-order valence-electron chi connectivity index (χ0n) is 12.5. The average Bonchev–Trinajstić information content (AvgIpc) is 2.43. The molecule has 0 aliphatic carbocycles. The fraction of sp³-hybridized carbons (Fsp3) is 0.625. The van der Waals surface area contributed by atoms with E-state index >= 15 is 0 Å². The van der Waals surface area contributed by atoms with Crippen molar-refractivity contribution in [3.8, 4) is 5.75 Å². The number of aliphatic hydroxyl groups is 1. The number of hydrogen-bond donors (Lipinski definition) is 2. The molecule has 0 aromatic heterocycles. The van der Waals surface area contributed by atoms with Gasteiger partial charge in [-0.2, -0.15) is 0 Å². The molecule has 3 heteroatoms. The highest BCUT2D eigenvalue weighted by molar-refractivity contribution is 5.35. The van der Waals surface area contributed by atoms with E-state index in [0.29, 0.717) is 5.92 Å². The van der Waals surface area contributed by atoms with Crippen LogP contribution in [0.25, 0.3) is 0 Å². The Balaban J connectivity index is 2.81. The molecule has 2 unspecified atom stereocenters. The number of methoxy groups -OCH3 is 1. The highest BCUT2D eigenvalue weighted by Crippen LogP contribution is 2.27. The minimum atomic E-state index is 0.134. The van der Waals surface area contributed by atoms with Crippen molar-refractivity contribution in [2.45, 2.75) is 45.7 Å². The molecule has 0 aliphatic heterocycles. The largest absolute Gasteiger partial charge is 0.496 e. The van der Waals surface area contributed by atoms with Gasteiger partial charge in [0.1, 0.15) is 5.75 Å². The molecule has 0 aliphatic rings. The van der Waals surface area contributed by atoms with Gasteiger partial charge in [-0.25, -0.2) is 0 Å². The zero-order chi connectivity index (χ0) is 14.3. The van der Waals surface area contributed by atoms with E-state index in [1.54, 1.807) is 7.11 Å². The zero-order valence-corrected chi connectivity index (χ0v) is 12.5. The SMILES string of the molecule is CCC(NC(CO)CC(C)C)c1ccccc1OC. The summed E-state index contributed by atoms with van der Waals surface area (Å²) >= 11 is 0. The van der Waals surface area contributed by atoms with Crippen molar-refractivity contribution in [1.82, 2.24) is 5.32 Å². The number of rotatable bonds is 8. The number of para-hydroxylation sites is 1. The maximum absolute atomic E-state index is 9.50. The second kappa shape index (κ2) is 8.18. The molecule has 0 radical (unpaired) electrons. The minimum absolute atomic E-state index is 0.134. The van der Waals surface area contributed by atoms with Crippen LogP contribution in [0, 0.1) is 5.92 Å². The standard InChI is InChI=1S/C16H27NO2/c1-5-15(17-13(11-18)10-12(2)3)14-8-6-7-9-16(14)19-4/h6-9,12-13,15,17-18H,5,10-11H2,1-4H3. The molecule has 0 amide bonds. The fourth-order valence-electron chi connectivity index (χ4n) is 2.43. The molecule has 0 heterocycles. The van der Waals surface area contributed by atoms with Crippen molar-refractivity contribution in [2.75, 3.05) is 13.7 Å². The molecule has 2 atom stereocenters. The molecule has 1 aromatic rings. The lowest BCUT2D eigenvalue weighted by Gasteiger charge is -2.26. The molecule has 2 N–H and O–H groups in total. The summed E-state index contributed by atoms with van der Waals surface area (Å²) in [5.74, 6) is 1.47. The molecule has 0 saturated carbocycles. The lowest BCUT2D eigenvalue weighted by Crippen LogP contribution is -2.36. The van der Waals surface area contributed by atoms with E-state index in [4.69, 9.17) is 4.74 Å². The van der Waals surface area contributed by atoms with Crippen molar-refractivity contribution < 1.29 is 9.84 Å². The van der Waals surface area contributed by atoms with Gasteiger partial charge in [0.15, 0.2) is 0 Å². The Morgan fingerprint density at radius 3 is 2.47 bits per heavy atom. The first-order valence-corrected chi connectivity index (χ1v) is 7.12. The van der Waals surface area contributed by atoms with Gasteiger partial charge in [0, 0.05) is 17.6 Å². The topological polar surface area (TPSA) is 41.5 Å². The van der Waals surface area contributed by atoms with Gasteiger partial charge in [-0.1, -0.05) is 39.0 Å². The van der Waals surface area contributed by atoms with E-state index in [9.17, 15) is 5.11 Å². The smallest absolute Gasteiger partial charge is 0.123 e. The maximum Gasteiger partial charge on any atom is 0.123 e. The Labute approximate surface area is 117 Å². The third kappa shape index (κ3) is 4.84. The average molecular weight is 265 g/mol. The van der Waals surface area contributed by atoms with Gasteiger partial charge in [0.25, 0.3) is 0 Å². The molecule has 0 bridgehead atoms. The Bertz CT molecular complexity index is 366. The summed E-state index contributed by atoms with van der Waals surface area (Å²) in [5, 5.41) is 13.0. The number of nitrogens with one attached hydrogen (secondary N) is 1. The summed E-state index contributed by atoms with van der Waals surface area (Å²) in [6.45, 7) is 6.67. The first kappa shape index (κ1) is 16.0. The molecule has 3 nitrogen and oxygen atoms in total. The molecule has 1 aromatic carbocycles. The summed E-state index contributed by atoms with van der Waals surface area (Å²) in [5.41, 5.74) is 1.16. The quantitative estimate of drug-likeness (QED) is 0.758. The normalized spacial score (nSPS) is 14.4. The lowest BCUT2D eigenvalue weighted by molar-refractivity contribution is 0.211. The Morgan fingerprint density at radius 1 is 1.26 bits per heavy atom. The van der Waals surface area contributed by atoms with Crippen LogP contribution in [0.2, 0.25) is 0 Å². The molecule has 0 saturated heterocycles. The summed E-state index contributed by atoms with van der Waals surface area (Å²) in [6, 6.07) is 8.42. The van der Waals surface area contributed by atoms with Gasteiger partial charge in [-0.15, -0.1) is 0 Å². The molecule has 108 valence electrons. The van der Waals surface area contributed by atoms with Crippen LogP contribution in [0.3, 0.4) is 0 Å². The van der Waals surface area contributed by atoms with Crippen LogP contribution in [-0.2, 0) is 0 Å². The molecule has 19 heavy (non-hydrogen) atoms. The van der Waals surface area contributed by atoms with E-state index in [0.717, 1.165) is 24.2 Å². The molecular formula is C16H27NO2. The summed E-state index contributed by atoms with van der Waals surface area (Å²) in [6.07, 6.45) is 1.94. The second-order valence-corrected chi connectivity index (χ2v) is 5.38. The van der Waals surface area contributed by atoms with Crippen molar-refractivity contribution in [2.24, 2.45) is 5.92 Å². The molecule has 0 spiro atoms. The van der Waals surface area contributed by atoms with Crippen molar-refractivity contribution >= 4 is 0 Å². The Morgan fingerprint density at radius 2 is 1.95 bits per heavy atom. The third-order valence-electron chi connectivity index (χ3n) is 3.34. The van der Waals surface area contributed by atoms with Crippen LogP contribution in [0.4, 0.5) is 0 Å². The summed E-state index contributed by atoms with van der Waals surface area (Å²) < 4.78 is 5.42. The molecule has 0 fully saturated rings. The predicted molar refractivity (Wildman–Crippen MR) is 79.5 cm³/mol. The van der Waals surface area contributed by atoms with Crippen molar-refractivity contribution in [1.29, 1.82) is 0 Å². The van der Waals surface area contributed by atoms with Crippen LogP contribution in [0.15, 0.2) is 24.3 Å². The molecular weight excluding hydrogens is 238 g/mol.